The molecule has 3 nitrogen and oxygen atoms in total. The molecule has 0 aromatic heterocycles. The van der Waals surface area contributed by atoms with Crippen LogP contribution in [0.15, 0.2) is 12.1 Å². The SMILES string of the molecule is Cc1ccc2c(c1O)OCC2N. The fourth-order valence-corrected chi connectivity index (χ4v) is 1.39. The average molecular weight is 165 g/mol. The maximum absolute atomic E-state index is 9.56. The number of phenols is 1. The number of benzene rings is 1. The van der Waals surface area contributed by atoms with Crippen molar-refractivity contribution in [1.82, 2.24) is 0 Å². The van der Waals surface area contributed by atoms with Crippen molar-refractivity contribution in [1.29, 1.82) is 0 Å². The molecule has 1 aliphatic rings. The lowest BCUT2D eigenvalue weighted by Crippen LogP contribution is -2.10. The van der Waals surface area contributed by atoms with E-state index in [0.717, 1.165) is 11.1 Å². The van der Waals surface area contributed by atoms with Gasteiger partial charge in [0.1, 0.15) is 6.61 Å². The van der Waals surface area contributed by atoms with Gasteiger partial charge in [-0.15, -0.1) is 0 Å². The minimum absolute atomic E-state index is 0.0912. The summed E-state index contributed by atoms with van der Waals surface area (Å²) in [5, 5.41) is 9.56. The van der Waals surface area contributed by atoms with Gasteiger partial charge in [-0.1, -0.05) is 12.1 Å². The van der Waals surface area contributed by atoms with Gasteiger partial charge >= 0.3 is 0 Å². The van der Waals surface area contributed by atoms with Crippen LogP contribution >= 0.6 is 0 Å². The normalized spacial score (nSPS) is 20.3. The van der Waals surface area contributed by atoms with Crippen molar-refractivity contribution < 1.29 is 9.84 Å². The van der Waals surface area contributed by atoms with Gasteiger partial charge in [0, 0.05) is 5.56 Å². The molecule has 0 amide bonds. The lowest BCUT2D eigenvalue weighted by Gasteiger charge is -2.04. The number of nitrogens with two attached hydrogens (primary N) is 1. The zero-order chi connectivity index (χ0) is 8.72. The molecule has 1 aromatic rings. The molecule has 1 unspecified atom stereocenters. The molecule has 0 saturated heterocycles. The molecule has 1 atom stereocenters. The first-order valence-corrected chi connectivity index (χ1v) is 3.91. The van der Waals surface area contributed by atoms with Gasteiger partial charge in [-0.2, -0.15) is 0 Å². The van der Waals surface area contributed by atoms with E-state index in [4.69, 9.17) is 10.5 Å². The van der Waals surface area contributed by atoms with Crippen molar-refractivity contribution in [3.63, 3.8) is 0 Å². The van der Waals surface area contributed by atoms with Gasteiger partial charge < -0.3 is 15.6 Å². The van der Waals surface area contributed by atoms with Crippen LogP contribution in [0.25, 0.3) is 0 Å². The molecule has 12 heavy (non-hydrogen) atoms. The summed E-state index contributed by atoms with van der Waals surface area (Å²) in [5.41, 5.74) is 7.45. The van der Waals surface area contributed by atoms with Crippen LogP contribution in [0, 0.1) is 6.92 Å². The summed E-state index contributed by atoms with van der Waals surface area (Å²) in [6, 6.07) is 3.66. The Morgan fingerprint density at radius 3 is 3.08 bits per heavy atom. The van der Waals surface area contributed by atoms with Crippen LogP contribution in [-0.4, -0.2) is 11.7 Å². The zero-order valence-corrected chi connectivity index (χ0v) is 6.87. The number of hydrogen-bond acceptors (Lipinski definition) is 3. The van der Waals surface area contributed by atoms with Crippen molar-refractivity contribution in [3.05, 3.63) is 23.3 Å². The zero-order valence-electron chi connectivity index (χ0n) is 6.87. The third-order valence-corrected chi connectivity index (χ3v) is 2.17. The Labute approximate surface area is 70.8 Å². The van der Waals surface area contributed by atoms with E-state index in [1.54, 1.807) is 0 Å². The highest BCUT2D eigenvalue weighted by molar-refractivity contribution is 5.53. The molecule has 0 radical (unpaired) electrons. The standard InChI is InChI=1S/C9H11NO2/c1-5-2-3-6-7(10)4-12-9(6)8(5)11/h2-3,7,11H,4,10H2,1H3. The van der Waals surface area contributed by atoms with Gasteiger partial charge in [-0.05, 0) is 12.5 Å². The van der Waals surface area contributed by atoms with E-state index < -0.39 is 0 Å². The molecule has 64 valence electrons. The highest BCUT2D eigenvalue weighted by atomic mass is 16.5. The number of ether oxygens (including phenoxy) is 1. The molecule has 0 saturated carbocycles. The summed E-state index contributed by atoms with van der Waals surface area (Å²) in [5.74, 6) is 0.781. The van der Waals surface area contributed by atoms with Gasteiger partial charge in [0.25, 0.3) is 0 Å². The Morgan fingerprint density at radius 2 is 2.33 bits per heavy atom. The predicted octanol–water partition coefficient (Wildman–Crippen LogP) is 1.09. The highest BCUT2D eigenvalue weighted by Gasteiger charge is 2.24. The molecule has 1 aliphatic heterocycles. The third-order valence-electron chi connectivity index (χ3n) is 2.17. The van der Waals surface area contributed by atoms with Crippen LogP contribution in [0.1, 0.15) is 17.2 Å². The van der Waals surface area contributed by atoms with Crippen LogP contribution in [-0.2, 0) is 0 Å². The molecule has 1 heterocycles. The molecule has 3 heteroatoms. The average Bonchev–Trinajstić information content (AvgIpc) is 2.41. The minimum atomic E-state index is -0.0912. The molecule has 0 bridgehead atoms. The fraction of sp³-hybridized carbons (Fsp3) is 0.333. The summed E-state index contributed by atoms with van der Waals surface area (Å²) in [6.07, 6.45) is 0. The lowest BCUT2D eigenvalue weighted by atomic mass is 10.1. The van der Waals surface area contributed by atoms with E-state index >= 15 is 0 Å². The van der Waals surface area contributed by atoms with Crippen molar-refractivity contribution in [2.45, 2.75) is 13.0 Å². The summed E-state index contributed by atoms with van der Waals surface area (Å²) in [6.45, 7) is 2.30. The largest absolute Gasteiger partial charge is 0.504 e. The Morgan fingerprint density at radius 1 is 1.58 bits per heavy atom. The van der Waals surface area contributed by atoms with Crippen molar-refractivity contribution in [2.24, 2.45) is 5.73 Å². The quantitative estimate of drug-likeness (QED) is 0.605. The fourth-order valence-electron chi connectivity index (χ4n) is 1.39. The van der Waals surface area contributed by atoms with E-state index in [0.29, 0.717) is 12.4 Å². The molecule has 2 rings (SSSR count). The van der Waals surface area contributed by atoms with E-state index in [-0.39, 0.29) is 11.8 Å². The van der Waals surface area contributed by atoms with Crippen LogP contribution in [0.3, 0.4) is 0 Å². The van der Waals surface area contributed by atoms with E-state index in [2.05, 4.69) is 0 Å². The monoisotopic (exact) mass is 165 g/mol. The van der Waals surface area contributed by atoms with E-state index in [1.807, 2.05) is 19.1 Å². The second-order valence-electron chi connectivity index (χ2n) is 3.07. The van der Waals surface area contributed by atoms with E-state index in [1.165, 1.54) is 0 Å². The predicted molar refractivity (Wildman–Crippen MR) is 45.3 cm³/mol. The number of fused-ring (bicyclic) bond motifs is 1. The van der Waals surface area contributed by atoms with Gasteiger partial charge in [-0.25, -0.2) is 0 Å². The van der Waals surface area contributed by atoms with Gasteiger partial charge in [0.2, 0.25) is 0 Å². The maximum Gasteiger partial charge on any atom is 0.166 e. The molecular weight excluding hydrogens is 154 g/mol. The summed E-state index contributed by atoms with van der Waals surface area (Å²) < 4.78 is 5.25. The molecular formula is C9H11NO2. The molecule has 0 fully saturated rings. The first-order valence-electron chi connectivity index (χ1n) is 3.91. The Hall–Kier alpha value is -1.22. The lowest BCUT2D eigenvalue weighted by molar-refractivity contribution is 0.316. The highest BCUT2D eigenvalue weighted by Crippen LogP contribution is 2.40. The second-order valence-corrected chi connectivity index (χ2v) is 3.07. The number of rotatable bonds is 0. The molecule has 0 spiro atoms. The molecule has 1 aromatic carbocycles. The van der Waals surface area contributed by atoms with Crippen LogP contribution in [0.5, 0.6) is 11.5 Å². The molecule has 3 N–H and O–H groups in total. The van der Waals surface area contributed by atoms with E-state index in [9.17, 15) is 5.11 Å². The number of aromatic hydroxyl groups is 1. The minimum Gasteiger partial charge on any atom is -0.504 e. The Kier molecular flexibility index (Phi) is 1.48. The van der Waals surface area contributed by atoms with Crippen molar-refractivity contribution >= 4 is 0 Å². The number of hydrogen-bond donors (Lipinski definition) is 2. The smallest absolute Gasteiger partial charge is 0.166 e. The summed E-state index contributed by atoms with van der Waals surface area (Å²) in [4.78, 5) is 0. The Balaban J connectivity index is 2.60. The first-order chi connectivity index (χ1) is 5.70. The Bertz CT molecular complexity index is 323. The van der Waals surface area contributed by atoms with Gasteiger partial charge in [-0.3, -0.25) is 0 Å². The number of aryl methyl sites for hydroxylation is 1. The third kappa shape index (κ3) is 0.865. The topological polar surface area (TPSA) is 55.5 Å². The summed E-state index contributed by atoms with van der Waals surface area (Å²) in [7, 11) is 0. The van der Waals surface area contributed by atoms with Gasteiger partial charge in [0.05, 0.1) is 6.04 Å². The second kappa shape index (κ2) is 2.38. The van der Waals surface area contributed by atoms with Crippen molar-refractivity contribution in [2.75, 3.05) is 6.61 Å². The van der Waals surface area contributed by atoms with Crippen LogP contribution in [0.2, 0.25) is 0 Å². The van der Waals surface area contributed by atoms with Crippen molar-refractivity contribution in [3.8, 4) is 11.5 Å². The van der Waals surface area contributed by atoms with Gasteiger partial charge in [0.15, 0.2) is 11.5 Å². The first kappa shape index (κ1) is 7.43. The molecule has 0 aliphatic carbocycles. The van der Waals surface area contributed by atoms with Crippen LogP contribution < -0.4 is 10.5 Å². The summed E-state index contributed by atoms with van der Waals surface area (Å²) >= 11 is 0. The number of phenolic OH excluding ortho intramolecular Hbond substituents is 1. The van der Waals surface area contributed by atoms with Crippen LogP contribution in [0.4, 0.5) is 0 Å². The maximum atomic E-state index is 9.56.